The molecule has 0 aliphatic carbocycles. The Balaban J connectivity index is 2.14. The third-order valence-electron chi connectivity index (χ3n) is 3.80. The standard InChI is InChI=1S/C19H16N2Se/c1-12(2)19-20-16(13-8-4-3-5-9-13)18-17(21-19)14-10-6-7-11-15(14)22-18/h3-12H,1-2H3. The van der Waals surface area contributed by atoms with Crippen molar-refractivity contribution in [2.75, 3.05) is 0 Å². The number of fused-ring (bicyclic) bond motifs is 3. The zero-order valence-electron chi connectivity index (χ0n) is 12.6. The quantitative estimate of drug-likeness (QED) is 0.492. The Morgan fingerprint density at radius 1 is 0.864 bits per heavy atom. The van der Waals surface area contributed by atoms with Crippen LogP contribution in [0.2, 0.25) is 0 Å². The van der Waals surface area contributed by atoms with Gasteiger partial charge in [-0.05, 0) is 0 Å². The van der Waals surface area contributed by atoms with E-state index in [2.05, 4.69) is 62.4 Å². The number of benzene rings is 2. The van der Waals surface area contributed by atoms with E-state index in [0.29, 0.717) is 5.92 Å². The van der Waals surface area contributed by atoms with Crippen LogP contribution in [0.25, 0.3) is 30.7 Å². The van der Waals surface area contributed by atoms with Gasteiger partial charge in [-0.3, -0.25) is 0 Å². The van der Waals surface area contributed by atoms with Crippen molar-refractivity contribution in [3.8, 4) is 11.3 Å². The van der Waals surface area contributed by atoms with Crippen molar-refractivity contribution in [2.24, 2.45) is 0 Å². The molecule has 0 bridgehead atoms. The fraction of sp³-hybridized carbons (Fsp3) is 0.158. The second-order valence-corrected chi connectivity index (χ2v) is 7.93. The molecule has 0 amide bonds. The van der Waals surface area contributed by atoms with Crippen LogP contribution >= 0.6 is 0 Å². The van der Waals surface area contributed by atoms with Crippen molar-refractivity contribution in [2.45, 2.75) is 19.8 Å². The van der Waals surface area contributed by atoms with Gasteiger partial charge in [-0.1, -0.05) is 0 Å². The van der Waals surface area contributed by atoms with E-state index in [4.69, 9.17) is 9.97 Å². The molecule has 2 nitrogen and oxygen atoms in total. The van der Waals surface area contributed by atoms with Gasteiger partial charge in [-0.15, -0.1) is 0 Å². The van der Waals surface area contributed by atoms with Gasteiger partial charge in [0.1, 0.15) is 0 Å². The summed E-state index contributed by atoms with van der Waals surface area (Å²) < 4.78 is 2.74. The average molecular weight is 351 g/mol. The molecular weight excluding hydrogens is 335 g/mol. The number of hydrogen-bond acceptors (Lipinski definition) is 2. The maximum atomic E-state index is 4.90. The maximum absolute atomic E-state index is 4.90. The fourth-order valence-electron chi connectivity index (χ4n) is 2.66. The molecule has 4 aromatic rings. The van der Waals surface area contributed by atoms with E-state index < -0.39 is 0 Å². The van der Waals surface area contributed by atoms with Crippen molar-refractivity contribution in [3.63, 3.8) is 0 Å². The SMILES string of the molecule is CC(C)c1nc(-c2ccccc2)c2[se]c3ccccc3c2n1. The Kier molecular flexibility index (Phi) is 3.33. The summed E-state index contributed by atoms with van der Waals surface area (Å²) in [4.78, 5) is 9.79. The van der Waals surface area contributed by atoms with Crippen molar-refractivity contribution >= 4 is 33.9 Å². The normalized spacial score (nSPS) is 11.6. The predicted octanol–water partition coefficient (Wildman–Crippen LogP) is 4.63. The van der Waals surface area contributed by atoms with Crippen LogP contribution in [-0.4, -0.2) is 24.5 Å². The van der Waals surface area contributed by atoms with E-state index >= 15 is 0 Å². The third kappa shape index (κ3) is 2.18. The molecule has 2 aromatic heterocycles. The number of rotatable bonds is 2. The van der Waals surface area contributed by atoms with E-state index in [0.717, 1.165) is 17.0 Å². The summed E-state index contributed by atoms with van der Waals surface area (Å²) in [7, 11) is 0. The van der Waals surface area contributed by atoms with Gasteiger partial charge in [-0.25, -0.2) is 0 Å². The summed E-state index contributed by atoms with van der Waals surface area (Å²) >= 11 is 0.284. The van der Waals surface area contributed by atoms with E-state index in [9.17, 15) is 0 Å². The van der Waals surface area contributed by atoms with Crippen molar-refractivity contribution < 1.29 is 0 Å². The van der Waals surface area contributed by atoms with Crippen LogP contribution in [0.15, 0.2) is 54.6 Å². The van der Waals surface area contributed by atoms with Crippen LogP contribution in [0.3, 0.4) is 0 Å². The Morgan fingerprint density at radius 3 is 2.36 bits per heavy atom. The second-order valence-electron chi connectivity index (χ2n) is 5.73. The molecule has 0 radical (unpaired) electrons. The molecule has 3 heteroatoms. The van der Waals surface area contributed by atoms with Gasteiger partial charge in [0.2, 0.25) is 0 Å². The molecule has 0 saturated heterocycles. The summed E-state index contributed by atoms with van der Waals surface area (Å²) in [6, 6.07) is 19.1. The zero-order chi connectivity index (χ0) is 15.1. The van der Waals surface area contributed by atoms with E-state index in [1.807, 2.05) is 6.07 Å². The van der Waals surface area contributed by atoms with E-state index in [-0.39, 0.29) is 14.5 Å². The summed E-state index contributed by atoms with van der Waals surface area (Å²) in [6.07, 6.45) is 0. The Hall–Kier alpha value is -1.96. The molecule has 0 aliphatic heterocycles. The molecule has 0 saturated carbocycles. The number of nitrogens with zero attached hydrogens (tertiary/aromatic N) is 2. The predicted molar refractivity (Wildman–Crippen MR) is 93.5 cm³/mol. The molecule has 2 heterocycles. The minimum atomic E-state index is 0.284. The molecule has 4 rings (SSSR count). The van der Waals surface area contributed by atoms with Crippen LogP contribution < -0.4 is 0 Å². The van der Waals surface area contributed by atoms with Crippen LogP contribution in [0.4, 0.5) is 0 Å². The van der Waals surface area contributed by atoms with Crippen molar-refractivity contribution in [3.05, 3.63) is 60.4 Å². The van der Waals surface area contributed by atoms with Gasteiger partial charge >= 0.3 is 135 Å². The Bertz CT molecular complexity index is 955. The number of hydrogen-bond donors (Lipinski definition) is 0. The molecular formula is C19H16N2Se. The molecule has 0 N–H and O–H groups in total. The Morgan fingerprint density at radius 2 is 1.59 bits per heavy atom. The second kappa shape index (κ2) is 5.35. The number of aromatic nitrogens is 2. The van der Waals surface area contributed by atoms with Gasteiger partial charge in [0, 0.05) is 0 Å². The third-order valence-corrected chi connectivity index (χ3v) is 6.25. The summed E-state index contributed by atoms with van der Waals surface area (Å²) in [6.45, 7) is 4.31. The molecule has 0 fully saturated rings. The monoisotopic (exact) mass is 352 g/mol. The van der Waals surface area contributed by atoms with Gasteiger partial charge < -0.3 is 0 Å². The average Bonchev–Trinajstić information content (AvgIpc) is 2.93. The van der Waals surface area contributed by atoms with Crippen LogP contribution in [-0.2, 0) is 0 Å². The van der Waals surface area contributed by atoms with Crippen molar-refractivity contribution in [1.82, 2.24) is 9.97 Å². The summed E-state index contributed by atoms with van der Waals surface area (Å²) in [5.74, 6) is 1.26. The summed E-state index contributed by atoms with van der Waals surface area (Å²) in [5.41, 5.74) is 3.45. The van der Waals surface area contributed by atoms with E-state index in [1.54, 1.807) is 0 Å². The van der Waals surface area contributed by atoms with Gasteiger partial charge in [0.25, 0.3) is 0 Å². The molecule has 0 atom stereocenters. The topological polar surface area (TPSA) is 25.8 Å². The molecule has 22 heavy (non-hydrogen) atoms. The first-order chi connectivity index (χ1) is 10.7. The molecule has 0 unspecified atom stereocenters. The first-order valence-electron chi connectivity index (χ1n) is 7.48. The first-order valence-corrected chi connectivity index (χ1v) is 9.20. The summed E-state index contributed by atoms with van der Waals surface area (Å²) in [5, 5.41) is 1.29. The van der Waals surface area contributed by atoms with Crippen LogP contribution in [0.5, 0.6) is 0 Å². The van der Waals surface area contributed by atoms with Gasteiger partial charge in [-0.2, -0.15) is 0 Å². The van der Waals surface area contributed by atoms with Gasteiger partial charge in [0.15, 0.2) is 0 Å². The van der Waals surface area contributed by atoms with Gasteiger partial charge in [0.05, 0.1) is 0 Å². The fourth-order valence-corrected chi connectivity index (χ4v) is 5.08. The first kappa shape index (κ1) is 13.7. The molecule has 0 spiro atoms. The molecule has 108 valence electrons. The molecule has 0 aliphatic rings. The zero-order valence-corrected chi connectivity index (χ0v) is 14.3. The molecule has 2 aromatic carbocycles. The van der Waals surface area contributed by atoms with Crippen LogP contribution in [0.1, 0.15) is 25.6 Å². The van der Waals surface area contributed by atoms with Crippen LogP contribution in [0, 0.1) is 0 Å². The van der Waals surface area contributed by atoms with E-state index in [1.165, 1.54) is 19.5 Å². The minimum absolute atomic E-state index is 0.284. The van der Waals surface area contributed by atoms with Crippen molar-refractivity contribution in [1.29, 1.82) is 0 Å². The Labute approximate surface area is 135 Å².